The van der Waals surface area contributed by atoms with Gasteiger partial charge in [0.15, 0.2) is 0 Å². The maximum absolute atomic E-state index is 11.4. The molecular formula is C16H26N2O2S. The molecule has 1 fully saturated rings. The third kappa shape index (κ3) is 4.53. The number of hydrogen-bond donors (Lipinski definition) is 2. The van der Waals surface area contributed by atoms with Gasteiger partial charge in [-0.15, -0.1) is 0 Å². The highest BCUT2D eigenvalue weighted by Gasteiger charge is 2.27. The standard InChI is InChI=1S/C16H26N2O2S/c1-12(18-14-7-9-16(2,3)10-8-14)13-5-4-6-15(11-13)21(17,19)20/h4-6,11-12,14,18H,7-10H2,1-3H3,(H2,17,19,20). The zero-order valence-corrected chi connectivity index (χ0v) is 13.9. The van der Waals surface area contributed by atoms with Crippen molar-refractivity contribution >= 4 is 10.0 Å². The fraction of sp³-hybridized carbons (Fsp3) is 0.625. The smallest absolute Gasteiger partial charge is 0.238 e. The maximum Gasteiger partial charge on any atom is 0.238 e. The van der Waals surface area contributed by atoms with Crippen LogP contribution in [0, 0.1) is 5.41 Å². The van der Waals surface area contributed by atoms with Gasteiger partial charge < -0.3 is 5.32 Å². The Balaban J connectivity index is 2.03. The quantitative estimate of drug-likeness (QED) is 0.898. The summed E-state index contributed by atoms with van der Waals surface area (Å²) in [5.41, 5.74) is 1.42. The van der Waals surface area contributed by atoms with E-state index in [9.17, 15) is 8.42 Å². The van der Waals surface area contributed by atoms with Crippen LogP contribution in [0.4, 0.5) is 0 Å². The molecule has 0 saturated heterocycles. The largest absolute Gasteiger partial charge is 0.307 e. The molecule has 1 saturated carbocycles. The fourth-order valence-electron chi connectivity index (χ4n) is 2.98. The number of nitrogens with one attached hydrogen (secondary N) is 1. The molecule has 1 unspecified atom stereocenters. The molecular weight excluding hydrogens is 284 g/mol. The first-order chi connectivity index (χ1) is 9.67. The minimum absolute atomic E-state index is 0.123. The summed E-state index contributed by atoms with van der Waals surface area (Å²) in [4.78, 5) is 0.179. The summed E-state index contributed by atoms with van der Waals surface area (Å²) < 4.78 is 22.9. The number of hydrogen-bond acceptors (Lipinski definition) is 3. The molecule has 4 nitrogen and oxygen atoms in total. The number of benzene rings is 1. The minimum Gasteiger partial charge on any atom is -0.307 e. The summed E-state index contributed by atoms with van der Waals surface area (Å²) in [6.45, 7) is 6.71. The Labute approximate surface area is 128 Å². The summed E-state index contributed by atoms with van der Waals surface area (Å²) in [5, 5.41) is 8.81. The topological polar surface area (TPSA) is 72.2 Å². The molecule has 0 bridgehead atoms. The lowest BCUT2D eigenvalue weighted by Gasteiger charge is -2.36. The van der Waals surface area contributed by atoms with Gasteiger partial charge in [-0.2, -0.15) is 0 Å². The molecule has 5 heteroatoms. The van der Waals surface area contributed by atoms with Crippen molar-refractivity contribution in [3.8, 4) is 0 Å². The lowest BCUT2D eigenvalue weighted by Crippen LogP contribution is -2.37. The number of rotatable bonds is 4. The van der Waals surface area contributed by atoms with Crippen LogP contribution in [-0.4, -0.2) is 14.5 Å². The zero-order chi connectivity index (χ0) is 15.7. The van der Waals surface area contributed by atoms with E-state index in [1.54, 1.807) is 12.1 Å². The van der Waals surface area contributed by atoms with E-state index in [0.29, 0.717) is 11.5 Å². The Morgan fingerprint density at radius 3 is 2.48 bits per heavy atom. The molecule has 1 aromatic rings. The predicted octanol–water partition coefficient (Wildman–Crippen LogP) is 2.95. The molecule has 0 aliphatic heterocycles. The van der Waals surface area contributed by atoms with E-state index in [4.69, 9.17) is 5.14 Å². The van der Waals surface area contributed by atoms with Crippen LogP contribution in [0.3, 0.4) is 0 Å². The Morgan fingerprint density at radius 1 is 1.29 bits per heavy atom. The molecule has 118 valence electrons. The van der Waals surface area contributed by atoms with Crippen LogP contribution in [0.5, 0.6) is 0 Å². The lowest BCUT2D eigenvalue weighted by atomic mass is 9.75. The average Bonchev–Trinajstić information content (AvgIpc) is 2.40. The molecule has 2 rings (SSSR count). The van der Waals surface area contributed by atoms with Crippen molar-refractivity contribution in [2.75, 3.05) is 0 Å². The summed E-state index contributed by atoms with van der Waals surface area (Å²) in [7, 11) is -3.64. The fourth-order valence-corrected chi connectivity index (χ4v) is 3.55. The summed E-state index contributed by atoms with van der Waals surface area (Å²) in [6.07, 6.45) is 4.81. The Kier molecular flexibility index (Phi) is 4.76. The second-order valence-corrected chi connectivity index (χ2v) is 8.51. The van der Waals surface area contributed by atoms with Gasteiger partial charge in [-0.3, -0.25) is 0 Å². The van der Waals surface area contributed by atoms with E-state index in [0.717, 1.165) is 5.56 Å². The lowest BCUT2D eigenvalue weighted by molar-refractivity contribution is 0.200. The van der Waals surface area contributed by atoms with Crippen molar-refractivity contribution in [2.45, 2.75) is 63.4 Å². The molecule has 0 radical (unpaired) electrons. The van der Waals surface area contributed by atoms with Gasteiger partial charge in [0, 0.05) is 12.1 Å². The first-order valence-corrected chi connectivity index (χ1v) is 9.11. The van der Waals surface area contributed by atoms with Crippen LogP contribution in [-0.2, 0) is 10.0 Å². The van der Waals surface area contributed by atoms with Crippen LogP contribution < -0.4 is 10.5 Å². The first kappa shape index (κ1) is 16.5. The highest BCUT2D eigenvalue weighted by molar-refractivity contribution is 7.89. The SMILES string of the molecule is CC(NC1CCC(C)(C)CC1)c1cccc(S(N)(=O)=O)c1. The number of sulfonamides is 1. The van der Waals surface area contributed by atoms with Crippen molar-refractivity contribution in [1.29, 1.82) is 0 Å². The van der Waals surface area contributed by atoms with Crippen LogP contribution >= 0.6 is 0 Å². The Hall–Kier alpha value is -0.910. The second-order valence-electron chi connectivity index (χ2n) is 6.94. The highest BCUT2D eigenvalue weighted by atomic mass is 32.2. The minimum atomic E-state index is -3.64. The molecule has 1 aliphatic rings. The molecule has 1 atom stereocenters. The maximum atomic E-state index is 11.4. The summed E-state index contributed by atoms with van der Waals surface area (Å²) in [6, 6.07) is 7.52. The van der Waals surface area contributed by atoms with Gasteiger partial charge in [-0.05, 0) is 55.7 Å². The highest BCUT2D eigenvalue weighted by Crippen LogP contribution is 2.35. The van der Waals surface area contributed by atoms with Gasteiger partial charge >= 0.3 is 0 Å². The Morgan fingerprint density at radius 2 is 1.90 bits per heavy atom. The first-order valence-electron chi connectivity index (χ1n) is 7.56. The van der Waals surface area contributed by atoms with E-state index in [2.05, 4.69) is 26.1 Å². The number of primary sulfonamides is 1. The van der Waals surface area contributed by atoms with Crippen molar-refractivity contribution in [2.24, 2.45) is 10.6 Å². The van der Waals surface area contributed by atoms with Gasteiger partial charge in [0.05, 0.1) is 4.90 Å². The van der Waals surface area contributed by atoms with Crippen LogP contribution in [0.1, 0.15) is 58.1 Å². The Bertz CT molecular complexity index is 586. The predicted molar refractivity (Wildman–Crippen MR) is 85.4 cm³/mol. The molecule has 0 heterocycles. The average molecular weight is 310 g/mol. The van der Waals surface area contributed by atoms with Gasteiger partial charge in [0.25, 0.3) is 0 Å². The van der Waals surface area contributed by atoms with Crippen LogP contribution in [0.15, 0.2) is 29.2 Å². The molecule has 21 heavy (non-hydrogen) atoms. The molecule has 0 amide bonds. The normalized spacial score (nSPS) is 21.1. The van der Waals surface area contributed by atoms with Gasteiger partial charge in [0.1, 0.15) is 0 Å². The summed E-state index contributed by atoms with van der Waals surface area (Å²) >= 11 is 0. The van der Waals surface area contributed by atoms with Gasteiger partial charge in [-0.1, -0.05) is 26.0 Å². The van der Waals surface area contributed by atoms with E-state index in [1.165, 1.54) is 31.7 Å². The molecule has 0 spiro atoms. The van der Waals surface area contributed by atoms with Crippen molar-refractivity contribution in [3.63, 3.8) is 0 Å². The molecule has 0 aromatic heterocycles. The molecule has 1 aromatic carbocycles. The van der Waals surface area contributed by atoms with Crippen molar-refractivity contribution in [1.82, 2.24) is 5.32 Å². The third-order valence-electron chi connectivity index (χ3n) is 4.51. The summed E-state index contributed by atoms with van der Waals surface area (Å²) in [5.74, 6) is 0. The van der Waals surface area contributed by atoms with Crippen molar-refractivity contribution < 1.29 is 8.42 Å². The second kappa shape index (κ2) is 6.07. The van der Waals surface area contributed by atoms with E-state index < -0.39 is 10.0 Å². The van der Waals surface area contributed by atoms with E-state index in [1.807, 2.05) is 6.07 Å². The van der Waals surface area contributed by atoms with E-state index >= 15 is 0 Å². The number of nitrogens with two attached hydrogens (primary N) is 1. The van der Waals surface area contributed by atoms with E-state index in [-0.39, 0.29) is 10.9 Å². The molecule has 1 aliphatic carbocycles. The third-order valence-corrected chi connectivity index (χ3v) is 5.42. The van der Waals surface area contributed by atoms with Gasteiger partial charge in [0.2, 0.25) is 10.0 Å². The monoisotopic (exact) mass is 310 g/mol. The molecule has 3 N–H and O–H groups in total. The van der Waals surface area contributed by atoms with Gasteiger partial charge in [-0.25, -0.2) is 13.6 Å². The van der Waals surface area contributed by atoms with Crippen LogP contribution in [0.25, 0.3) is 0 Å². The van der Waals surface area contributed by atoms with Crippen LogP contribution in [0.2, 0.25) is 0 Å². The zero-order valence-electron chi connectivity index (χ0n) is 13.1. The van der Waals surface area contributed by atoms with Crippen molar-refractivity contribution in [3.05, 3.63) is 29.8 Å².